The zero-order valence-electron chi connectivity index (χ0n) is 14.0. The minimum Gasteiger partial charge on any atom is -0.381 e. The van der Waals surface area contributed by atoms with E-state index in [1.807, 2.05) is 11.0 Å². The lowest BCUT2D eigenvalue weighted by atomic mass is 9.98. The Balaban J connectivity index is 1.38. The molecule has 2 fully saturated rings. The van der Waals surface area contributed by atoms with E-state index in [-0.39, 0.29) is 11.8 Å². The van der Waals surface area contributed by atoms with Gasteiger partial charge in [-0.15, -0.1) is 0 Å². The smallest absolute Gasteiger partial charge is 0.225 e. The summed E-state index contributed by atoms with van der Waals surface area (Å²) < 4.78 is 6.96. The van der Waals surface area contributed by atoms with Crippen LogP contribution in [0.5, 0.6) is 0 Å². The molecule has 0 unspecified atom stereocenters. The highest BCUT2D eigenvalue weighted by Gasteiger charge is 2.29. The molecule has 0 bridgehead atoms. The fourth-order valence-electron chi connectivity index (χ4n) is 3.32. The predicted molar refractivity (Wildman–Crippen MR) is 89.3 cm³/mol. The molecule has 4 heterocycles. The number of anilines is 1. The standard InChI is InChI=1S/C16H21N7O2/c24-16(13-1-7-25-8-2-13)22-5-3-21(4-6-22)14-9-15(19-11-18-14)23-12-17-10-20-23/h9-13H,1-8H2. The van der Waals surface area contributed by atoms with Gasteiger partial charge in [0.2, 0.25) is 5.91 Å². The Morgan fingerprint density at radius 2 is 1.80 bits per heavy atom. The largest absolute Gasteiger partial charge is 0.381 e. The van der Waals surface area contributed by atoms with Gasteiger partial charge in [0.15, 0.2) is 5.82 Å². The van der Waals surface area contributed by atoms with E-state index in [2.05, 4.69) is 25.0 Å². The van der Waals surface area contributed by atoms with Gasteiger partial charge in [-0.2, -0.15) is 5.10 Å². The van der Waals surface area contributed by atoms with Gasteiger partial charge in [0.05, 0.1) is 0 Å². The van der Waals surface area contributed by atoms with Crippen LogP contribution in [-0.4, -0.2) is 74.9 Å². The van der Waals surface area contributed by atoms with Gasteiger partial charge in [0, 0.05) is 51.4 Å². The van der Waals surface area contributed by atoms with E-state index in [9.17, 15) is 4.79 Å². The number of amides is 1. The Morgan fingerprint density at radius 3 is 2.52 bits per heavy atom. The fourth-order valence-corrected chi connectivity index (χ4v) is 3.32. The first-order chi connectivity index (χ1) is 12.3. The third-order valence-electron chi connectivity index (χ3n) is 4.78. The second-order valence-electron chi connectivity index (χ2n) is 6.27. The van der Waals surface area contributed by atoms with E-state index in [4.69, 9.17) is 4.74 Å². The number of carbonyl (C=O) groups is 1. The molecule has 2 aromatic heterocycles. The third-order valence-corrected chi connectivity index (χ3v) is 4.78. The van der Waals surface area contributed by atoms with Gasteiger partial charge < -0.3 is 14.5 Å². The molecule has 1 amide bonds. The molecule has 132 valence electrons. The van der Waals surface area contributed by atoms with Gasteiger partial charge in [-0.3, -0.25) is 4.79 Å². The lowest BCUT2D eigenvalue weighted by molar-refractivity contribution is -0.138. The van der Waals surface area contributed by atoms with Crippen molar-refractivity contribution in [3.63, 3.8) is 0 Å². The molecule has 0 spiro atoms. The van der Waals surface area contributed by atoms with E-state index in [0.717, 1.165) is 44.8 Å². The van der Waals surface area contributed by atoms with E-state index >= 15 is 0 Å². The van der Waals surface area contributed by atoms with Crippen molar-refractivity contribution in [2.75, 3.05) is 44.3 Å². The van der Waals surface area contributed by atoms with Crippen molar-refractivity contribution in [1.29, 1.82) is 0 Å². The van der Waals surface area contributed by atoms with Gasteiger partial charge in [-0.1, -0.05) is 0 Å². The van der Waals surface area contributed by atoms with E-state index in [0.29, 0.717) is 19.0 Å². The van der Waals surface area contributed by atoms with Crippen LogP contribution in [0, 0.1) is 5.92 Å². The highest BCUT2D eigenvalue weighted by Crippen LogP contribution is 2.20. The monoisotopic (exact) mass is 343 g/mol. The molecule has 9 nitrogen and oxygen atoms in total. The van der Waals surface area contributed by atoms with Crippen LogP contribution in [0.2, 0.25) is 0 Å². The van der Waals surface area contributed by atoms with E-state index in [1.165, 1.54) is 12.7 Å². The number of rotatable bonds is 3. The Bertz CT molecular complexity index is 707. The lowest BCUT2D eigenvalue weighted by Crippen LogP contribution is -2.51. The van der Waals surface area contributed by atoms with Crippen molar-refractivity contribution < 1.29 is 9.53 Å². The first kappa shape index (κ1) is 15.9. The molecule has 25 heavy (non-hydrogen) atoms. The summed E-state index contributed by atoms with van der Waals surface area (Å²) in [5.74, 6) is 1.93. The average Bonchev–Trinajstić information content (AvgIpc) is 3.23. The van der Waals surface area contributed by atoms with Gasteiger partial charge in [-0.05, 0) is 12.8 Å². The molecule has 2 aromatic rings. The average molecular weight is 343 g/mol. The second kappa shape index (κ2) is 7.14. The number of ether oxygens (including phenoxy) is 1. The van der Waals surface area contributed by atoms with Crippen LogP contribution in [0.3, 0.4) is 0 Å². The normalized spacial score (nSPS) is 19.2. The molecule has 2 saturated heterocycles. The molecule has 4 rings (SSSR count). The maximum atomic E-state index is 12.6. The maximum Gasteiger partial charge on any atom is 0.225 e. The van der Waals surface area contributed by atoms with Crippen molar-refractivity contribution in [2.24, 2.45) is 5.92 Å². The SMILES string of the molecule is O=C(C1CCOCC1)N1CCN(c2cc(-n3cncn3)ncn2)CC1. The summed E-state index contributed by atoms with van der Waals surface area (Å²) in [5, 5.41) is 4.09. The quantitative estimate of drug-likeness (QED) is 0.783. The van der Waals surface area contributed by atoms with Crippen LogP contribution in [0.25, 0.3) is 5.82 Å². The van der Waals surface area contributed by atoms with Gasteiger partial charge >= 0.3 is 0 Å². The van der Waals surface area contributed by atoms with E-state index < -0.39 is 0 Å². The highest BCUT2D eigenvalue weighted by molar-refractivity contribution is 5.79. The summed E-state index contributed by atoms with van der Waals surface area (Å²) in [5.41, 5.74) is 0. The van der Waals surface area contributed by atoms with Crippen molar-refractivity contribution in [3.05, 3.63) is 25.0 Å². The molecule has 9 heteroatoms. The fraction of sp³-hybridized carbons (Fsp3) is 0.562. The molecule has 0 atom stereocenters. The van der Waals surface area contributed by atoms with Crippen LogP contribution < -0.4 is 4.90 Å². The minimum absolute atomic E-state index is 0.123. The summed E-state index contributed by atoms with van der Waals surface area (Å²) in [4.78, 5) is 29.3. The second-order valence-corrected chi connectivity index (χ2v) is 6.27. The zero-order valence-corrected chi connectivity index (χ0v) is 14.0. The van der Waals surface area contributed by atoms with Crippen molar-refractivity contribution in [1.82, 2.24) is 29.6 Å². The molecular formula is C16H21N7O2. The van der Waals surface area contributed by atoms with Crippen molar-refractivity contribution in [3.8, 4) is 5.82 Å². The summed E-state index contributed by atoms with van der Waals surface area (Å²) in [6, 6.07) is 1.89. The first-order valence-corrected chi connectivity index (χ1v) is 8.60. The Morgan fingerprint density at radius 1 is 1.04 bits per heavy atom. The number of aromatic nitrogens is 5. The molecular weight excluding hydrogens is 322 g/mol. The number of piperazine rings is 1. The minimum atomic E-state index is 0.123. The molecule has 0 aliphatic carbocycles. The van der Waals surface area contributed by atoms with Gasteiger partial charge in [0.1, 0.15) is 24.8 Å². The van der Waals surface area contributed by atoms with Crippen LogP contribution in [-0.2, 0) is 9.53 Å². The first-order valence-electron chi connectivity index (χ1n) is 8.60. The molecule has 0 aromatic carbocycles. The number of carbonyl (C=O) groups excluding carboxylic acids is 1. The van der Waals surface area contributed by atoms with Crippen LogP contribution in [0.1, 0.15) is 12.8 Å². The third kappa shape index (κ3) is 3.46. The summed E-state index contributed by atoms with van der Waals surface area (Å²) >= 11 is 0. The van der Waals surface area contributed by atoms with Crippen molar-refractivity contribution in [2.45, 2.75) is 12.8 Å². The summed E-state index contributed by atoms with van der Waals surface area (Å²) in [7, 11) is 0. The molecule has 2 aliphatic heterocycles. The number of nitrogens with zero attached hydrogens (tertiary/aromatic N) is 7. The zero-order chi connectivity index (χ0) is 17.1. The van der Waals surface area contributed by atoms with Crippen LogP contribution >= 0.6 is 0 Å². The van der Waals surface area contributed by atoms with Gasteiger partial charge in [0.25, 0.3) is 0 Å². The lowest BCUT2D eigenvalue weighted by Gasteiger charge is -2.37. The Hall–Kier alpha value is -2.55. The number of hydrogen-bond donors (Lipinski definition) is 0. The highest BCUT2D eigenvalue weighted by atomic mass is 16.5. The Labute approximate surface area is 145 Å². The summed E-state index contributed by atoms with van der Waals surface area (Å²) in [6.07, 6.45) is 6.30. The van der Waals surface area contributed by atoms with Gasteiger partial charge in [-0.25, -0.2) is 19.6 Å². The van der Waals surface area contributed by atoms with Crippen molar-refractivity contribution >= 4 is 11.7 Å². The predicted octanol–water partition coefficient (Wildman–Crippen LogP) is 0.132. The maximum absolute atomic E-state index is 12.6. The number of hydrogen-bond acceptors (Lipinski definition) is 7. The Kier molecular flexibility index (Phi) is 4.55. The molecule has 0 saturated carbocycles. The molecule has 0 radical (unpaired) electrons. The summed E-state index contributed by atoms with van der Waals surface area (Å²) in [6.45, 7) is 4.37. The van der Waals surface area contributed by atoms with E-state index in [1.54, 1.807) is 11.0 Å². The molecule has 2 aliphatic rings. The topological polar surface area (TPSA) is 89.3 Å². The van der Waals surface area contributed by atoms with Crippen LogP contribution in [0.4, 0.5) is 5.82 Å². The molecule has 0 N–H and O–H groups in total. The van der Waals surface area contributed by atoms with Crippen LogP contribution in [0.15, 0.2) is 25.0 Å².